The molecule has 184 valence electrons. The normalized spacial score (nSPS) is 19.1. The first kappa shape index (κ1) is 22.6. The Morgan fingerprint density at radius 2 is 1.50 bits per heavy atom. The Morgan fingerprint density at radius 3 is 2.34 bits per heavy atom. The molecule has 38 heavy (non-hydrogen) atoms. The Kier molecular flexibility index (Phi) is 5.12. The fraction of sp³-hybridized carbons (Fsp3) is 0.167. The van der Waals surface area contributed by atoms with E-state index >= 15 is 0 Å². The molecule has 1 aliphatic heterocycles. The highest BCUT2D eigenvalue weighted by Crippen LogP contribution is 2.55. The summed E-state index contributed by atoms with van der Waals surface area (Å²) < 4.78 is 1.43. The van der Waals surface area contributed by atoms with Gasteiger partial charge >= 0.3 is 0 Å². The van der Waals surface area contributed by atoms with Crippen LogP contribution < -0.4 is 0 Å². The summed E-state index contributed by atoms with van der Waals surface area (Å²) in [6, 6.07) is 29.8. The minimum atomic E-state index is 0.434. The molecule has 0 nitrogen and oxygen atoms in total. The number of hydrogen-bond donors (Lipinski definition) is 0. The van der Waals surface area contributed by atoms with Gasteiger partial charge in [-0.2, -0.15) is 0 Å². The van der Waals surface area contributed by atoms with Crippen molar-refractivity contribution < 1.29 is 0 Å². The smallest absolute Gasteiger partial charge is 0.0387 e. The highest BCUT2D eigenvalue weighted by Gasteiger charge is 2.37. The largest absolute Gasteiger partial charge is 0.136 e. The van der Waals surface area contributed by atoms with E-state index in [1.165, 1.54) is 69.9 Å². The van der Waals surface area contributed by atoms with Gasteiger partial charge in [0.15, 0.2) is 0 Å². The summed E-state index contributed by atoms with van der Waals surface area (Å²) >= 11 is 4.01. The molecular weight excluding hydrogens is 497 g/mol. The Bertz CT molecular complexity index is 1830. The number of hydrogen-bond acceptors (Lipinski definition) is 2. The van der Waals surface area contributed by atoms with Gasteiger partial charge in [-0.3, -0.25) is 0 Å². The summed E-state index contributed by atoms with van der Waals surface area (Å²) in [4.78, 5) is 2.89. The second kappa shape index (κ2) is 8.59. The molecule has 1 aromatic heterocycles. The number of benzene rings is 4. The second-order valence-corrected chi connectivity index (χ2v) is 13.3. The summed E-state index contributed by atoms with van der Waals surface area (Å²) in [5.74, 6) is 0.434. The molecule has 0 bridgehead atoms. The predicted octanol–water partition coefficient (Wildman–Crippen LogP) is 10.3. The third-order valence-corrected chi connectivity index (χ3v) is 10.9. The lowest BCUT2D eigenvalue weighted by atomic mass is 9.79. The van der Waals surface area contributed by atoms with Gasteiger partial charge in [0.25, 0.3) is 0 Å². The lowest BCUT2D eigenvalue weighted by molar-refractivity contribution is 0.846. The van der Waals surface area contributed by atoms with Gasteiger partial charge < -0.3 is 0 Å². The highest BCUT2D eigenvalue weighted by atomic mass is 32.2. The van der Waals surface area contributed by atoms with Crippen molar-refractivity contribution in [1.29, 1.82) is 0 Å². The van der Waals surface area contributed by atoms with Gasteiger partial charge in [-0.25, -0.2) is 0 Å². The first-order chi connectivity index (χ1) is 18.6. The van der Waals surface area contributed by atoms with Crippen molar-refractivity contribution >= 4 is 50.9 Å². The fourth-order valence-electron chi connectivity index (χ4n) is 6.67. The van der Waals surface area contributed by atoms with Crippen LogP contribution in [-0.4, -0.2) is 5.25 Å². The Hall–Kier alpha value is -3.33. The maximum absolute atomic E-state index is 2.48. The van der Waals surface area contributed by atoms with E-state index in [0.717, 1.165) is 12.8 Å². The van der Waals surface area contributed by atoms with E-state index in [1.54, 1.807) is 5.56 Å². The van der Waals surface area contributed by atoms with E-state index in [0.29, 0.717) is 11.2 Å². The number of thioether (sulfide) groups is 1. The lowest BCUT2D eigenvalue weighted by Crippen LogP contribution is -2.14. The molecule has 0 saturated heterocycles. The topological polar surface area (TPSA) is 0 Å². The van der Waals surface area contributed by atoms with Crippen molar-refractivity contribution in [3.05, 3.63) is 129 Å². The maximum atomic E-state index is 2.48. The molecule has 2 atom stereocenters. The molecule has 2 heterocycles. The quantitative estimate of drug-likeness (QED) is 0.221. The zero-order valence-corrected chi connectivity index (χ0v) is 23.3. The van der Waals surface area contributed by atoms with Gasteiger partial charge in [-0.1, -0.05) is 90.0 Å². The minimum absolute atomic E-state index is 0.434. The van der Waals surface area contributed by atoms with E-state index in [-0.39, 0.29) is 0 Å². The third-order valence-electron chi connectivity index (χ3n) is 8.48. The first-order valence-corrected chi connectivity index (χ1v) is 15.2. The number of allylic oxidation sites excluding steroid dienone is 1. The van der Waals surface area contributed by atoms with E-state index < -0.39 is 0 Å². The van der Waals surface area contributed by atoms with Crippen LogP contribution in [0.5, 0.6) is 0 Å². The van der Waals surface area contributed by atoms with Gasteiger partial charge in [-0.15, -0.1) is 23.1 Å². The van der Waals surface area contributed by atoms with Gasteiger partial charge in [0, 0.05) is 31.0 Å². The second-order valence-electron chi connectivity index (χ2n) is 11.0. The zero-order valence-electron chi connectivity index (χ0n) is 21.6. The molecule has 0 spiro atoms. The van der Waals surface area contributed by atoms with E-state index in [9.17, 15) is 0 Å². The van der Waals surface area contributed by atoms with Gasteiger partial charge in [-0.05, 0) is 89.4 Å². The number of fused-ring (bicyclic) bond motifs is 9. The molecule has 0 fully saturated rings. The molecule has 0 N–H and O–H groups in total. The highest BCUT2D eigenvalue weighted by molar-refractivity contribution is 8.00. The van der Waals surface area contributed by atoms with Crippen LogP contribution in [-0.2, 0) is 6.42 Å². The van der Waals surface area contributed by atoms with Crippen LogP contribution in [0.1, 0.15) is 56.2 Å². The van der Waals surface area contributed by atoms with E-state index in [1.807, 2.05) is 23.1 Å². The van der Waals surface area contributed by atoms with Crippen LogP contribution in [0.25, 0.3) is 38.9 Å². The summed E-state index contributed by atoms with van der Waals surface area (Å²) in [6.45, 7) is 4.36. The van der Waals surface area contributed by atoms with Crippen LogP contribution in [0.3, 0.4) is 0 Å². The van der Waals surface area contributed by atoms with Crippen molar-refractivity contribution in [2.24, 2.45) is 0 Å². The molecule has 8 rings (SSSR count). The summed E-state index contributed by atoms with van der Waals surface area (Å²) in [7, 11) is 0. The molecule has 0 saturated carbocycles. The fourth-order valence-corrected chi connectivity index (χ4v) is 9.31. The van der Waals surface area contributed by atoms with Crippen LogP contribution >= 0.6 is 23.1 Å². The zero-order chi connectivity index (χ0) is 25.4. The lowest BCUT2D eigenvalue weighted by Gasteiger charge is -2.25. The van der Waals surface area contributed by atoms with Crippen molar-refractivity contribution in [3.8, 4) is 11.1 Å². The van der Waals surface area contributed by atoms with Crippen LogP contribution in [0, 0.1) is 13.8 Å². The average Bonchev–Trinajstić information content (AvgIpc) is 3.50. The summed E-state index contributed by atoms with van der Waals surface area (Å²) in [5, 5.41) is 1.98. The van der Waals surface area contributed by atoms with Gasteiger partial charge in [0.1, 0.15) is 0 Å². The standard InChI is InChI=1S/C36H28S2/c1-21-5-3-7-23(17-21)25-9-11-29-33(19-25)37-31-15-13-28-27(35(29)31)14-16-32-36(28)30-12-10-26(20-34(30)38-32)24-8-4-6-22(2)18-24/h3-9,11,13-20,31,35H,10,12H2,1-2H3. The average molecular weight is 525 g/mol. The number of thiophene rings is 1. The maximum Gasteiger partial charge on any atom is 0.0387 e. The molecule has 2 unspecified atom stereocenters. The third kappa shape index (κ3) is 3.51. The minimum Gasteiger partial charge on any atom is -0.136 e. The molecule has 2 heteroatoms. The molecule has 4 aromatic carbocycles. The van der Waals surface area contributed by atoms with E-state index in [4.69, 9.17) is 0 Å². The molecule has 0 radical (unpaired) electrons. The first-order valence-electron chi connectivity index (χ1n) is 13.5. The molecule has 0 amide bonds. The Labute approximate surface area is 232 Å². The predicted molar refractivity (Wildman–Crippen MR) is 166 cm³/mol. The molecule has 2 aliphatic carbocycles. The SMILES string of the molecule is Cc1cccc(C2=Cc3sc4ccc5c(c4c3CC2)C=CC2Sc3cc(-c4cccc(C)c4)ccc3C52)c1. The molecule has 5 aromatic rings. The Morgan fingerprint density at radius 1 is 0.737 bits per heavy atom. The van der Waals surface area contributed by atoms with Crippen molar-refractivity contribution in [3.63, 3.8) is 0 Å². The van der Waals surface area contributed by atoms with Crippen molar-refractivity contribution in [2.75, 3.05) is 0 Å². The summed E-state index contributed by atoms with van der Waals surface area (Å²) in [6.07, 6.45) is 9.62. The summed E-state index contributed by atoms with van der Waals surface area (Å²) in [5.41, 5.74) is 14.1. The number of rotatable bonds is 2. The molecule has 3 aliphatic rings. The van der Waals surface area contributed by atoms with Crippen LogP contribution in [0.4, 0.5) is 0 Å². The monoisotopic (exact) mass is 524 g/mol. The van der Waals surface area contributed by atoms with Crippen molar-refractivity contribution in [2.45, 2.75) is 42.8 Å². The van der Waals surface area contributed by atoms with Gasteiger partial charge in [0.05, 0.1) is 0 Å². The Balaban J connectivity index is 1.22. The van der Waals surface area contributed by atoms with E-state index in [2.05, 4.69) is 111 Å². The molecular formula is C36H28S2. The number of aryl methyl sites for hydroxylation is 3. The van der Waals surface area contributed by atoms with Crippen LogP contribution in [0.2, 0.25) is 0 Å². The van der Waals surface area contributed by atoms with Crippen LogP contribution in [0.15, 0.2) is 89.8 Å². The van der Waals surface area contributed by atoms with Gasteiger partial charge in [0.2, 0.25) is 0 Å². The van der Waals surface area contributed by atoms with Crippen molar-refractivity contribution in [1.82, 2.24) is 0 Å².